The van der Waals surface area contributed by atoms with Gasteiger partial charge in [-0.15, -0.1) is 0 Å². The van der Waals surface area contributed by atoms with Crippen molar-refractivity contribution in [2.45, 2.75) is 26.8 Å². The number of carbonyl (C=O) groups excluding carboxylic acids is 2. The molecule has 1 amide bonds. The number of carbonyl (C=O) groups is 2. The van der Waals surface area contributed by atoms with Crippen LogP contribution in [0.3, 0.4) is 0 Å². The number of aryl methyl sites for hydroxylation is 1. The van der Waals surface area contributed by atoms with E-state index in [1.165, 1.54) is 4.90 Å². The number of amides is 1. The molecule has 0 radical (unpaired) electrons. The third-order valence-corrected chi connectivity index (χ3v) is 5.49. The maximum absolute atomic E-state index is 12.9. The van der Waals surface area contributed by atoms with Gasteiger partial charge >= 0.3 is 0 Å². The van der Waals surface area contributed by atoms with Crippen LogP contribution in [0.15, 0.2) is 46.4 Å². The van der Waals surface area contributed by atoms with Gasteiger partial charge in [-0.2, -0.15) is 0 Å². The molecule has 1 N–H and O–H groups in total. The third kappa shape index (κ3) is 4.11. The SMILES string of the molecule is CCN(CC)CCN1C(=O)C(=O)C(=C(O)c2ccc(OC)cc2)[C@H]1c1ccc(C)o1. The van der Waals surface area contributed by atoms with E-state index in [0.717, 1.165) is 13.1 Å². The fourth-order valence-electron chi connectivity index (χ4n) is 3.70. The molecule has 1 aliphatic heterocycles. The molecule has 1 aromatic carbocycles. The van der Waals surface area contributed by atoms with Crippen molar-refractivity contribution in [2.75, 3.05) is 33.3 Å². The first-order chi connectivity index (χ1) is 14.4. The summed E-state index contributed by atoms with van der Waals surface area (Å²) in [5, 5.41) is 11.0. The molecular weight excluding hydrogens is 384 g/mol. The summed E-state index contributed by atoms with van der Waals surface area (Å²) in [6.45, 7) is 8.57. The molecule has 0 saturated carbocycles. The number of aliphatic hydroxyl groups excluding tert-OH is 1. The molecule has 1 atom stereocenters. The van der Waals surface area contributed by atoms with Crippen molar-refractivity contribution >= 4 is 17.4 Å². The lowest BCUT2D eigenvalue weighted by molar-refractivity contribution is -0.140. The third-order valence-electron chi connectivity index (χ3n) is 5.49. The number of likely N-dealkylation sites (N-methyl/N-ethyl adjacent to an activating group) is 1. The Morgan fingerprint density at radius 3 is 2.33 bits per heavy atom. The lowest BCUT2D eigenvalue weighted by Gasteiger charge is -2.26. The molecule has 7 heteroatoms. The van der Waals surface area contributed by atoms with Gasteiger partial charge in [0.25, 0.3) is 11.7 Å². The van der Waals surface area contributed by atoms with E-state index in [0.29, 0.717) is 35.9 Å². The summed E-state index contributed by atoms with van der Waals surface area (Å²) in [5.41, 5.74) is 0.477. The first-order valence-electron chi connectivity index (χ1n) is 10.1. The molecule has 2 aromatic rings. The second-order valence-corrected chi connectivity index (χ2v) is 7.20. The molecule has 0 spiro atoms. The number of hydrogen-bond acceptors (Lipinski definition) is 6. The molecule has 1 fully saturated rings. The minimum atomic E-state index is -0.767. The largest absolute Gasteiger partial charge is 0.507 e. The van der Waals surface area contributed by atoms with Crippen LogP contribution in [0.2, 0.25) is 0 Å². The number of rotatable bonds is 8. The first-order valence-corrected chi connectivity index (χ1v) is 10.1. The molecule has 7 nitrogen and oxygen atoms in total. The Morgan fingerprint density at radius 1 is 1.13 bits per heavy atom. The minimum Gasteiger partial charge on any atom is -0.507 e. The summed E-state index contributed by atoms with van der Waals surface area (Å²) >= 11 is 0. The highest BCUT2D eigenvalue weighted by Gasteiger charge is 2.47. The fraction of sp³-hybridized carbons (Fsp3) is 0.391. The van der Waals surface area contributed by atoms with E-state index in [-0.39, 0.29) is 11.3 Å². The number of hydrogen-bond donors (Lipinski definition) is 1. The summed E-state index contributed by atoms with van der Waals surface area (Å²) < 4.78 is 10.9. The Kier molecular flexibility index (Phi) is 6.62. The zero-order valence-corrected chi connectivity index (χ0v) is 17.8. The van der Waals surface area contributed by atoms with Crippen LogP contribution in [0.1, 0.15) is 37.0 Å². The number of furan rings is 1. The van der Waals surface area contributed by atoms with E-state index < -0.39 is 17.7 Å². The molecule has 1 aromatic heterocycles. The van der Waals surface area contributed by atoms with Crippen molar-refractivity contribution in [2.24, 2.45) is 0 Å². The molecular formula is C23H28N2O5. The molecule has 1 saturated heterocycles. The molecule has 2 heterocycles. The lowest BCUT2D eigenvalue weighted by atomic mass is 9.99. The van der Waals surface area contributed by atoms with Crippen molar-refractivity contribution in [1.82, 2.24) is 9.80 Å². The zero-order valence-electron chi connectivity index (χ0n) is 17.8. The highest BCUT2D eigenvalue weighted by Crippen LogP contribution is 2.40. The van der Waals surface area contributed by atoms with E-state index in [4.69, 9.17) is 9.15 Å². The summed E-state index contributed by atoms with van der Waals surface area (Å²) in [5.74, 6) is 0.202. The van der Waals surface area contributed by atoms with E-state index in [1.54, 1.807) is 50.4 Å². The fourth-order valence-corrected chi connectivity index (χ4v) is 3.70. The van der Waals surface area contributed by atoms with Gasteiger partial charge in [0, 0.05) is 18.7 Å². The van der Waals surface area contributed by atoms with Gasteiger partial charge in [-0.3, -0.25) is 9.59 Å². The number of aliphatic hydroxyl groups is 1. The van der Waals surface area contributed by atoms with Crippen LogP contribution >= 0.6 is 0 Å². The zero-order chi connectivity index (χ0) is 21.8. The van der Waals surface area contributed by atoms with Gasteiger partial charge in [0.1, 0.15) is 29.1 Å². The van der Waals surface area contributed by atoms with Gasteiger partial charge in [0.15, 0.2) is 0 Å². The summed E-state index contributed by atoms with van der Waals surface area (Å²) in [7, 11) is 1.55. The quantitative estimate of drug-likeness (QED) is 0.407. The number of nitrogens with zero attached hydrogens (tertiary/aromatic N) is 2. The number of Topliss-reactive ketones (excluding diaryl/α,β-unsaturated/α-hetero) is 1. The Hall–Kier alpha value is -3.06. The average Bonchev–Trinajstić information content (AvgIpc) is 3.30. The van der Waals surface area contributed by atoms with Gasteiger partial charge in [-0.25, -0.2) is 0 Å². The van der Waals surface area contributed by atoms with Gasteiger partial charge in [0.2, 0.25) is 0 Å². The van der Waals surface area contributed by atoms with Gasteiger partial charge in [-0.05, 0) is 56.4 Å². The van der Waals surface area contributed by atoms with Crippen LogP contribution < -0.4 is 4.74 Å². The van der Waals surface area contributed by atoms with Gasteiger partial charge in [0.05, 0.1) is 12.7 Å². The second kappa shape index (κ2) is 9.17. The maximum atomic E-state index is 12.9. The van der Waals surface area contributed by atoms with E-state index in [2.05, 4.69) is 18.7 Å². The number of ketones is 1. The van der Waals surface area contributed by atoms with Gasteiger partial charge in [-0.1, -0.05) is 13.8 Å². The van der Waals surface area contributed by atoms with Crippen molar-refractivity contribution < 1.29 is 23.8 Å². The summed E-state index contributed by atoms with van der Waals surface area (Å²) in [6, 6.07) is 9.46. The first kappa shape index (κ1) is 21.6. The molecule has 30 heavy (non-hydrogen) atoms. The summed E-state index contributed by atoms with van der Waals surface area (Å²) in [4.78, 5) is 29.5. The molecule has 160 valence electrons. The molecule has 3 rings (SSSR count). The van der Waals surface area contributed by atoms with Crippen LogP contribution in [0.4, 0.5) is 0 Å². The van der Waals surface area contributed by atoms with Crippen molar-refractivity contribution in [1.29, 1.82) is 0 Å². The average molecular weight is 412 g/mol. The Bertz CT molecular complexity index is 941. The smallest absolute Gasteiger partial charge is 0.295 e. The number of likely N-dealkylation sites (tertiary alicyclic amines) is 1. The van der Waals surface area contributed by atoms with E-state index in [1.807, 2.05) is 0 Å². The number of benzene rings is 1. The number of methoxy groups -OCH3 is 1. The number of ether oxygens (including phenoxy) is 1. The van der Waals surface area contributed by atoms with E-state index >= 15 is 0 Å². The van der Waals surface area contributed by atoms with Crippen LogP contribution in [-0.2, 0) is 9.59 Å². The normalized spacial score (nSPS) is 18.4. The molecule has 1 aliphatic rings. The minimum absolute atomic E-state index is 0.0408. The van der Waals surface area contributed by atoms with Crippen LogP contribution in [-0.4, -0.2) is 59.9 Å². The maximum Gasteiger partial charge on any atom is 0.295 e. The van der Waals surface area contributed by atoms with Crippen molar-refractivity contribution in [3.8, 4) is 5.75 Å². The summed E-state index contributed by atoms with van der Waals surface area (Å²) in [6.07, 6.45) is 0. The second-order valence-electron chi connectivity index (χ2n) is 7.20. The highest BCUT2D eigenvalue weighted by atomic mass is 16.5. The Morgan fingerprint density at radius 2 is 1.80 bits per heavy atom. The molecule has 0 unspecified atom stereocenters. The van der Waals surface area contributed by atoms with Crippen molar-refractivity contribution in [3.63, 3.8) is 0 Å². The predicted molar refractivity (Wildman–Crippen MR) is 113 cm³/mol. The highest BCUT2D eigenvalue weighted by molar-refractivity contribution is 6.46. The topological polar surface area (TPSA) is 83.2 Å². The Balaban J connectivity index is 2.05. The monoisotopic (exact) mass is 412 g/mol. The van der Waals surface area contributed by atoms with E-state index in [9.17, 15) is 14.7 Å². The molecule has 0 bridgehead atoms. The van der Waals surface area contributed by atoms with Gasteiger partial charge < -0.3 is 24.1 Å². The van der Waals surface area contributed by atoms with Crippen LogP contribution in [0.25, 0.3) is 5.76 Å². The lowest BCUT2D eigenvalue weighted by Crippen LogP contribution is -2.37. The Labute approximate surface area is 176 Å². The predicted octanol–water partition coefficient (Wildman–Crippen LogP) is 3.36. The van der Waals surface area contributed by atoms with Crippen LogP contribution in [0, 0.1) is 6.92 Å². The standard InChI is InChI=1S/C23H28N2O5/c1-5-24(6-2)13-14-25-20(18-12-7-15(3)30-18)19(22(27)23(25)28)21(26)16-8-10-17(29-4)11-9-16/h7-12,20,26H,5-6,13-14H2,1-4H3/t20-/m1/s1. The van der Waals surface area contributed by atoms with Crippen LogP contribution in [0.5, 0.6) is 5.75 Å². The van der Waals surface area contributed by atoms with Crippen molar-refractivity contribution in [3.05, 3.63) is 59.1 Å². The molecule has 0 aliphatic carbocycles.